The zero-order valence-electron chi connectivity index (χ0n) is 15.5. The van der Waals surface area contributed by atoms with Crippen molar-refractivity contribution in [2.75, 3.05) is 30.9 Å². The summed E-state index contributed by atoms with van der Waals surface area (Å²) in [5.74, 6) is -0.155. The van der Waals surface area contributed by atoms with E-state index in [1.165, 1.54) is 18.2 Å². The second-order valence-corrected chi connectivity index (χ2v) is 6.69. The highest BCUT2D eigenvalue weighted by molar-refractivity contribution is 5.85. The molecule has 2 aliphatic heterocycles. The van der Waals surface area contributed by atoms with Gasteiger partial charge in [0.15, 0.2) is 0 Å². The van der Waals surface area contributed by atoms with Crippen LogP contribution in [-0.2, 0) is 10.9 Å². The molecule has 0 radical (unpaired) electrons. The van der Waals surface area contributed by atoms with Crippen LogP contribution in [0.2, 0.25) is 0 Å². The maximum Gasteiger partial charge on any atom is 0.421 e. The molecule has 2 aliphatic rings. The Morgan fingerprint density at radius 1 is 1.17 bits per heavy atom. The highest BCUT2D eigenvalue weighted by Crippen LogP contribution is 2.45. The summed E-state index contributed by atoms with van der Waals surface area (Å²) in [5.41, 5.74) is 2.39. The number of nitrogens with one attached hydrogen (secondary N) is 3. The van der Waals surface area contributed by atoms with Gasteiger partial charge in [0.1, 0.15) is 11.4 Å². The van der Waals surface area contributed by atoms with Crippen LogP contribution in [0.1, 0.15) is 41.6 Å². The van der Waals surface area contributed by atoms with Gasteiger partial charge in [-0.3, -0.25) is 0 Å². The fourth-order valence-corrected chi connectivity index (χ4v) is 3.69. The summed E-state index contributed by atoms with van der Waals surface area (Å²) in [5, 5.41) is 9.22. The Morgan fingerprint density at radius 3 is 2.59 bits per heavy atom. The van der Waals surface area contributed by atoms with Crippen LogP contribution in [0.3, 0.4) is 0 Å². The van der Waals surface area contributed by atoms with Gasteiger partial charge in [-0.1, -0.05) is 6.07 Å². The molecular formula is C18H22Cl2F3N5O. The fraction of sp³-hybridized carbons (Fsp3) is 0.444. The smallest absolute Gasteiger partial charge is 0.383 e. The van der Waals surface area contributed by atoms with Crippen molar-refractivity contribution in [2.24, 2.45) is 0 Å². The number of fused-ring (bicyclic) bond motifs is 5. The molecule has 0 aliphatic carbocycles. The molecule has 1 aromatic heterocycles. The molecule has 0 spiro atoms. The van der Waals surface area contributed by atoms with E-state index in [0.717, 1.165) is 24.7 Å². The van der Waals surface area contributed by atoms with Crippen molar-refractivity contribution in [1.82, 2.24) is 15.3 Å². The van der Waals surface area contributed by atoms with E-state index in [1.807, 2.05) is 12.1 Å². The third-order valence-corrected chi connectivity index (χ3v) is 4.93. The lowest BCUT2D eigenvalue weighted by molar-refractivity contribution is -0.137. The molecule has 2 atom stereocenters. The molecule has 3 N–H and O–H groups in total. The first-order chi connectivity index (χ1) is 13.0. The first-order valence-electron chi connectivity index (χ1n) is 8.79. The summed E-state index contributed by atoms with van der Waals surface area (Å²) in [6, 6.07) is 6.74. The topological polar surface area (TPSA) is 71.1 Å². The SMILES string of the molecule is COCCNc1nc(Nc2ccc3c(c2)[C@H]2CC[C@@H]3N2)ncc1C(F)(F)F.Cl.Cl. The number of hydrogen-bond acceptors (Lipinski definition) is 6. The van der Waals surface area contributed by atoms with Crippen LogP contribution in [0.25, 0.3) is 0 Å². The molecule has 0 saturated carbocycles. The molecule has 2 bridgehead atoms. The van der Waals surface area contributed by atoms with Crippen molar-refractivity contribution in [3.05, 3.63) is 41.1 Å². The number of halogens is 5. The quantitative estimate of drug-likeness (QED) is 0.556. The monoisotopic (exact) mass is 451 g/mol. The first-order valence-corrected chi connectivity index (χ1v) is 8.79. The highest BCUT2D eigenvalue weighted by Gasteiger charge is 2.37. The standard InChI is InChI=1S/C18H20F3N5O.2ClH/c1-27-7-6-22-16-13(18(19,20)21)9-23-17(26-16)24-10-2-3-11-12(8-10)15-5-4-14(11)25-15;;/h2-3,8-9,14-15,25H,4-7H2,1H3,(H2,22,23,24,26);2*1H/t14-,15+;;/m0../s1. The molecule has 6 nitrogen and oxygen atoms in total. The van der Waals surface area contributed by atoms with Gasteiger partial charge in [0.2, 0.25) is 5.95 Å². The molecule has 160 valence electrons. The molecule has 29 heavy (non-hydrogen) atoms. The number of methoxy groups -OCH3 is 1. The van der Waals surface area contributed by atoms with Crippen molar-refractivity contribution in [3.63, 3.8) is 0 Å². The molecule has 1 saturated heterocycles. The molecular weight excluding hydrogens is 430 g/mol. The normalized spacial score (nSPS) is 19.2. The van der Waals surface area contributed by atoms with Crippen molar-refractivity contribution < 1.29 is 17.9 Å². The third-order valence-electron chi connectivity index (χ3n) is 4.93. The molecule has 2 aromatic rings. The maximum absolute atomic E-state index is 13.2. The largest absolute Gasteiger partial charge is 0.421 e. The number of alkyl halides is 3. The van der Waals surface area contributed by atoms with Crippen LogP contribution in [0.4, 0.5) is 30.6 Å². The molecule has 11 heteroatoms. The van der Waals surface area contributed by atoms with Crippen LogP contribution < -0.4 is 16.0 Å². The Labute approximate surface area is 178 Å². The van der Waals surface area contributed by atoms with Gasteiger partial charge in [-0.25, -0.2) is 4.98 Å². The Bertz CT molecular complexity index is 853. The molecule has 3 heterocycles. The van der Waals surface area contributed by atoms with E-state index in [0.29, 0.717) is 12.1 Å². The van der Waals surface area contributed by atoms with Gasteiger partial charge in [0.25, 0.3) is 0 Å². The van der Waals surface area contributed by atoms with Crippen molar-refractivity contribution in [3.8, 4) is 0 Å². The van der Waals surface area contributed by atoms with E-state index in [4.69, 9.17) is 4.74 Å². The second-order valence-electron chi connectivity index (χ2n) is 6.69. The summed E-state index contributed by atoms with van der Waals surface area (Å²) in [6.45, 7) is 0.480. The number of benzene rings is 1. The van der Waals surface area contributed by atoms with Gasteiger partial charge in [-0.15, -0.1) is 24.8 Å². The van der Waals surface area contributed by atoms with Crippen molar-refractivity contribution in [2.45, 2.75) is 31.1 Å². The van der Waals surface area contributed by atoms with Gasteiger partial charge < -0.3 is 20.7 Å². The number of nitrogens with zero attached hydrogens (tertiary/aromatic N) is 2. The predicted octanol–water partition coefficient (Wildman–Crippen LogP) is 4.62. The average Bonchev–Trinajstić information content (AvgIpc) is 3.23. The van der Waals surface area contributed by atoms with Gasteiger partial charge >= 0.3 is 6.18 Å². The van der Waals surface area contributed by atoms with E-state index in [2.05, 4.69) is 32.0 Å². The third kappa shape index (κ3) is 4.85. The Balaban J connectivity index is 0.00000150. The minimum Gasteiger partial charge on any atom is -0.383 e. The fourth-order valence-electron chi connectivity index (χ4n) is 3.69. The number of hydrogen-bond donors (Lipinski definition) is 3. The van der Waals surface area contributed by atoms with Gasteiger partial charge in [-0.05, 0) is 36.1 Å². The van der Waals surface area contributed by atoms with Gasteiger partial charge in [0, 0.05) is 37.6 Å². The average molecular weight is 452 g/mol. The lowest BCUT2D eigenvalue weighted by Gasteiger charge is -2.16. The Hall–Kier alpha value is -1.81. The summed E-state index contributed by atoms with van der Waals surface area (Å²) < 4.78 is 44.4. The van der Waals surface area contributed by atoms with Crippen LogP contribution in [0.5, 0.6) is 0 Å². The van der Waals surface area contributed by atoms with Crippen molar-refractivity contribution in [1.29, 1.82) is 0 Å². The highest BCUT2D eigenvalue weighted by atomic mass is 35.5. The Morgan fingerprint density at radius 2 is 1.90 bits per heavy atom. The lowest BCUT2D eigenvalue weighted by atomic mass is 9.91. The lowest BCUT2D eigenvalue weighted by Crippen LogP contribution is -2.16. The molecule has 1 fully saturated rings. The summed E-state index contributed by atoms with van der Waals surface area (Å²) in [4.78, 5) is 7.86. The van der Waals surface area contributed by atoms with Crippen LogP contribution in [0.15, 0.2) is 24.4 Å². The molecule has 0 amide bonds. The minimum absolute atomic E-state index is 0. The van der Waals surface area contributed by atoms with Gasteiger partial charge in [0.05, 0.1) is 6.61 Å². The summed E-state index contributed by atoms with van der Waals surface area (Å²) in [7, 11) is 1.48. The number of rotatable bonds is 6. The number of anilines is 3. The number of ether oxygens (including phenoxy) is 1. The van der Waals surface area contributed by atoms with E-state index < -0.39 is 11.7 Å². The minimum atomic E-state index is -4.54. The van der Waals surface area contributed by atoms with Crippen LogP contribution in [0, 0.1) is 0 Å². The van der Waals surface area contributed by atoms with Crippen LogP contribution in [-0.4, -0.2) is 30.2 Å². The van der Waals surface area contributed by atoms with E-state index in [1.54, 1.807) is 0 Å². The van der Waals surface area contributed by atoms with Crippen LogP contribution >= 0.6 is 24.8 Å². The summed E-state index contributed by atoms with van der Waals surface area (Å²) in [6.07, 6.45) is -1.50. The molecule has 0 unspecified atom stereocenters. The second kappa shape index (κ2) is 9.34. The zero-order valence-corrected chi connectivity index (χ0v) is 17.2. The zero-order chi connectivity index (χ0) is 19.0. The number of aromatic nitrogens is 2. The summed E-state index contributed by atoms with van der Waals surface area (Å²) >= 11 is 0. The Kier molecular flexibility index (Phi) is 7.56. The first kappa shape index (κ1) is 23.5. The van der Waals surface area contributed by atoms with Crippen molar-refractivity contribution >= 4 is 42.3 Å². The van der Waals surface area contributed by atoms with Gasteiger partial charge in [-0.2, -0.15) is 18.2 Å². The maximum atomic E-state index is 13.2. The molecule has 4 rings (SSSR count). The van der Waals surface area contributed by atoms with E-state index in [9.17, 15) is 13.2 Å². The molecule has 1 aromatic carbocycles. The predicted molar refractivity (Wildman–Crippen MR) is 109 cm³/mol. The van der Waals surface area contributed by atoms with E-state index >= 15 is 0 Å². The van der Waals surface area contributed by atoms with E-state index in [-0.39, 0.29) is 49.7 Å².